The summed E-state index contributed by atoms with van der Waals surface area (Å²) in [6.45, 7) is 9.80. The first kappa shape index (κ1) is 18.9. The highest BCUT2D eigenvalue weighted by atomic mass is 32.2. The molecule has 1 fully saturated rings. The summed E-state index contributed by atoms with van der Waals surface area (Å²) in [5.41, 5.74) is 1.12. The smallest absolute Gasteiger partial charge is 0.243 e. The molecule has 0 atom stereocenters. The van der Waals surface area contributed by atoms with E-state index in [1.165, 1.54) is 4.31 Å². The van der Waals surface area contributed by atoms with Crippen LogP contribution in [-0.2, 0) is 14.8 Å². The molecule has 1 aromatic rings. The van der Waals surface area contributed by atoms with Gasteiger partial charge >= 0.3 is 0 Å². The Hall–Kier alpha value is -1.40. The highest BCUT2D eigenvalue weighted by Crippen LogP contribution is 2.21. The molecule has 0 saturated carbocycles. The molecular formula is C18H28N2O3S. The van der Waals surface area contributed by atoms with Crippen molar-refractivity contribution in [3.8, 4) is 0 Å². The minimum atomic E-state index is -3.50. The second kappa shape index (κ2) is 7.66. The zero-order valence-electron chi connectivity index (χ0n) is 15.0. The van der Waals surface area contributed by atoms with Gasteiger partial charge in [0.15, 0.2) is 0 Å². The van der Waals surface area contributed by atoms with Crippen molar-refractivity contribution >= 4 is 15.9 Å². The van der Waals surface area contributed by atoms with E-state index in [0.29, 0.717) is 43.4 Å². The van der Waals surface area contributed by atoms with Crippen LogP contribution in [0, 0.1) is 5.92 Å². The highest BCUT2D eigenvalue weighted by molar-refractivity contribution is 7.89. The quantitative estimate of drug-likeness (QED) is 0.837. The third-order valence-electron chi connectivity index (χ3n) is 4.44. The van der Waals surface area contributed by atoms with Crippen molar-refractivity contribution in [2.24, 2.45) is 5.92 Å². The summed E-state index contributed by atoms with van der Waals surface area (Å²) in [5, 5.41) is 0. The van der Waals surface area contributed by atoms with Crippen LogP contribution in [0.2, 0.25) is 0 Å². The van der Waals surface area contributed by atoms with Crippen molar-refractivity contribution in [2.75, 3.05) is 26.2 Å². The van der Waals surface area contributed by atoms with Crippen LogP contribution in [0.1, 0.15) is 45.6 Å². The van der Waals surface area contributed by atoms with E-state index < -0.39 is 10.0 Å². The molecule has 1 aliphatic rings. The molecule has 1 saturated heterocycles. The van der Waals surface area contributed by atoms with E-state index >= 15 is 0 Å². The van der Waals surface area contributed by atoms with Crippen molar-refractivity contribution < 1.29 is 13.2 Å². The third-order valence-corrected chi connectivity index (χ3v) is 6.36. The Morgan fingerprint density at radius 2 is 1.58 bits per heavy atom. The van der Waals surface area contributed by atoms with Crippen molar-refractivity contribution in [2.45, 2.75) is 44.9 Å². The Balaban J connectivity index is 2.13. The summed E-state index contributed by atoms with van der Waals surface area (Å²) >= 11 is 0. The van der Waals surface area contributed by atoms with Crippen LogP contribution in [0.5, 0.6) is 0 Å². The van der Waals surface area contributed by atoms with Gasteiger partial charge in [-0.1, -0.05) is 39.8 Å². The second-order valence-electron chi connectivity index (χ2n) is 6.96. The van der Waals surface area contributed by atoms with Crippen LogP contribution in [0.3, 0.4) is 0 Å². The summed E-state index contributed by atoms with van der Waals surface area (Å²) < 4.78 is 27.2. The van der Waals surface area contributed by atoms with Gasteiger partial charge in [0.1, 0.15) is 0 Å². The molecule has 1 heterocycles. The summed E-state index contributed by atoms with van der Waals surface area (Å²) in [6, 6.07) is 7.13. The lowest BCUT2D eigenvalue weighted by atomic mass is 10.0. The number of hydrogen-bond donors (Lipinski definition) is 0. The van der Waals surface area contributed by atoms with E-state index in [2.05, 4.69) is 13.8 Å². The zero-order chi connectivity index (χ0) is 17.9. The predicted octanol–water partition coefficient (Wildman–Crippen LogP) is 2.69. The number of hydrogen-bond acceptors (Lipinski definition) is 3. The van der Waals surface area contributed by atoms with Gasteiger partial charge < -0.3 is 4.90 Å². The topological polar surface area (TPSA) is 57.7 Å². The average molecular weight is 353 g/mol. The molecule has 1 amide bonds. The van der Waals surface area contributed by atoms with Crippen molar-refractivity contribution in [1.82, 2.24) is 9.21 Å². The molecule has 1 aliphatic heterocycles. The largest absolute Gasteiger partial charge is 0.341 e. The molecule has 2 rings (SSSR count). The Bertz CT molecular complexity index is 666. The zero-order valence-corrected chi connectivity index (χ0v) is 15.8. The third kappa shape index (κ3) is 4.16. The molecule has 0 bridgehead atoms. The lowest BCUT2D eigenvalue weighted by Crippen LogP contribution is -2.38. The van der Waals surface area contributed by atoms with Gasteiger partial charge in [0.25, 0.3) is 0 Å². The van der Waals surface area contributed by atoms with Crippen LogP contribution in [0.4, 0.5) is 0 Å². The lowest BCUT2D eigenvalue weighted by molar-refractivity contribution is -0.134. The van der Waals surface area contributed by atoms with Crippen LogP contribution in [0.25, 0.3) is 0 Å². The predicted molar refractivity (Wildman–Crippen MR) is 95.3 cm³/mol. The molecule has 6 heteroatoms. The molecule has 0 N–H and O–H groups in total. The average Bonchev–Trinajstić information content (AvgIpc) is 2.80. The Morgan fingerprint density at radius 3 is 2.12 bits per heavy atom. The first-order chi connectivity index (χ1) is 11.2. The summed E-state index contributed by atoms with van der Waals surface area (Å²) in [7, 11) is -3.50. The summed E-state index contributed by atoms with van der Waals surface area (Å²) in [6.07, 6.45) is 0.668. The summed E-state index contributed by atoms with van der Waals surface area (Å²) in [4.78, 5) is 14.2. The van der Waals surface area contributed by atoms with Gasteiger partial charge in [-0.3, -0.25) is 4.79 Å². The number of amides is 1. The maximum atomic E-state index is 12.9. The van der Waals surface area contributed by atoms with E-state index in [0.717, 1.165) is 5.56 Å². The van der Waals surface area contributed by atoms with Crippen LogP contribution < -0.4 is 0 Å². The number of carbonyl (C=O) groups is 1. The SMILES string of the molecule is CC(C)C(=O)N1CCCN(S(=O)(=O)c2ccc(C(C)C)cc2)CC1. The van der Waals surface area contributed by atoms with Gasteiger partial charge in [-0.15, -0.1) is 0 Å². The van der Waals surface area contributed by atoms with Gasteiger partial charge in [0.2, 0.25) is 15.9 Å². The van der Waals surface area contributed by atoms with E-state index in [1.54, 1.807) is 17.0 Å². The lowest BCUT2D eigenvalue weighted by Gasteiger charge is -2.23. The first-order valence-corrected chi connectivity index (χ1v) is 10.1. The number of benzene rings is 1. The van der Waals surface area contributed by atoms with Crippen molar-refractivity contribution in [3.63, 3.8) is 0 Å². The second-order valence-corrected chi connectivity index (χ2v) is 8.90. The van der Waals surface area contributed by atoms with Gasteiger partial charge in [-0.25, -0.2) is 8.42 Å². The minimum absolute atomic E-state index is 0.0586. The fourth-order valence-corrected chi connectivity index (χ4v) is 4.36. The van der Waals surface area contributed by atoms with E-state index in [-0.39, 0.29) is 11.8 Å². The molecule has 0 aromatic heterocycles. The fraction of sp³-hybridized carbons (Fsp3) is 0.611. The number of rotatable bonds is 4. The highest BCUT2D eigenvalue weighted by Gasteiger charge is 2.28. The molecule has 24 heavy (non-hydrogen) atoms. The molecule has 5 nitrogen and oxygen atoms in total. The van der Waals surface area contributed by atoms with E-state index in [9.17, 15) is 13.2 Å². The molecule has 0 spiro atoms. The number of nitrogens with zero attached hydrogens (tertiary/aromatic N) is 2. The molecule has 1 aromatic carbocycles. The van der Waals surface area contributed by atoms with E-state index in [1.807, 2.05) is 26.0 Å². The van der Waals surface area contributed by atoms with Gasteiger partial charge in [-0.05, 0) is 30.0 Å². The Morgan fingerprint density at radius 1 is 0.958 bits per heavy atom. The molecule has 0 aliphatic carbocycles. The van der Waals surface area contributed by atoms with Gasteiger partial charge in [0, 0.05) is 32.1 Å². The monoisotopic (exact) mass is 352 g/mol. The van der Waals surface area contributed by atoms with Crippen molar-refractivity contribution in [3.05, 3.63) is 29.8 Å². The number of carbonyl (C=O) groups excluding carboxylic acids is 1. The summed E-state index contributed by atoms with van der Waals surface area (Å²) in [5.74, 6) is 0.405. The standard InChI is InChI=1S/C18H28N2O3S/c1-14(2)16-6-8-17(9-7-16)24(22,23)20-11-5-10-19(12-13-20)18(21)15(3)4/h6-9,14-15H,5,10-13H2,1-4H3. The first-order valence-electron chi connectivity index (χ1n) is 8.62. The van der Waals surface area contributed by atoms with Crippen LogP contribution >= 0.6 is 0 Å². The molecule has 0 radical (unpaired) electrons. The molecule has 0 unspecified atom stereocenters. The van der Waals surface area contributed by atoms with Gasteiger partial charge in [-0.2, -0.15) is 4.31 Å². The number of sulfonamides is 1. The Kier molecular flexibility index (Phi) is 6.04. The maximum absolute atomic E-state index is 12.9. The molecular weight excluding hydrogens is 324 g/mol. The van der Waals surface area contributed by atoms with E-state index in [4.69, 9.17) is 0 Å². The normalized spacial score (nSPS) is 17.3. The fourth-order valence-electron chi connectivity index (χ4n) is 2.89. The van der Waals surface area contributed by atoms with Crippen molar-refractivity contribution in [1.29, 1.82) is 0 Å². The van der Waals surface area contributed by atoms with Crippen LogP contribution in [0.15, 0.2) is 29.2 Å². The maximum Gasteiger partial charge on any atom is 0.243 e. The van der Waals surface area contributed by atoms with Crippen LogP contribution in [-0.4, -0.2) is 49.7 Å². The van der Waals surface area contributed by atoms with Gasteiger partial charge in [0.05, 0.1) is 4.90 Å². The Labute approximate surface area is 145 Å². The molecule has 134 valence electrons. The minimum Gasteiger partial charge on any atom is -0.341 e.